The van der Waals surface area contributed by atoms with Crippen LogP contribution in [0.2, 0.25) is 5.15 Å². The number of benzene rings is 2. The molecule has 1 atom stereocenters. The normalized spacial score (nSPS) is 19.8. The number of nitrogens with zero attached hydrogens (tertiary/aromatic N) is 3. The predicted octanol–water partition coefficient (Wildman–Crippen LogP) is 6.78. The molecule has 2 aliphatic rings. The molecule has 0 radical (unpaired) electrons. The first kappa shape index (κ1) is 21.9. The Morgan fingerprint density at radius 3 is 2.56 bits per heavy atom. The molecule has 0 N–H and O–H groups in total. The van der Waals surface area contributed by atoms with Gasteiger partial charge in [0, 0.05) is 42.1 Å². The van der Waals surface area contributed by atoms with E-state index in [4.69, 9.17) is 26.1 Å². The lowest BCUT2D eigenvalue weighted by atomic mass is 9.87. The zero-order chi connectivity index (χ0) is 23.2. The molecule has 2 fully saturated rings. The second-order valence-corrected chi connectivity index (χ2v) is 9.40. The van der Waals surface area contributed by atoms with E-state index in [1.54, 1.807) is 6.07 Å². The average Bonchev–Trinajstić information content (AvgIpc) is 3.29. The quantitative estimate of drug-likeness (QED) is 0.301. The molecule has 4 aromatic rings. The molecular weight excluding hydrogens is 460 g/mol. The number of halogens is 3. The highest BCUT2D eigenvalue weighted by Crippen LogP contribution is 2.42. The van der Waals surface area contributed by atoms with Crippen LogP contribution in [0.5, 0.6) is 0 Å². The van der Waals surface area contributed by atoms with E-state index in [1.165, 1.54) is 6.07 Å². The van der Waals surface area contributed by atoms with Gasteiger partial charge in [-0.1, -0.05) is 17.7 Å². The third-order valence-corrected chi connectivity index (χ3v) is 7.23. The van der Waals surface area contributed by atoms with Crippen molar-refractivity contribution in [2.45, 2.75) is 44.2 Å². The van der Waals surface area contributed by atoms with Crippen molar-refractivity contribution in [3.63, 3.8) is 0 Å². The van der Waals surface area contributed by atoms with Gasteiger partial charge in [-0.05, 0) is 67.3 Å². The van der Waals surface area contributed by atoms with Crippen LogP contribution in [0.25, 0.3) is 32.8 Å². The van der Waals surface area contributed by atoms with Crippen LogP contribution < -0.4 is 0 Å². The summed E-state index contributed by atoms with van der Waals surface area (Å²) < 4.78 is 41.5. The number of pyridine rings is 1. The number of rotatable bonds is 3. The summed E-state index contributed by atoms with van der Waals surface area (Å²) in [5, 5.41) is 7.54. The van der Waals surface area contributed by atoms with E-state index in [1.807, 2.05) is 23.0 Å². The molecule has 6 rings (SSSR count). The lowest BCUT2D eigenvalue weighted by molar-refractivity contribution is -0.0366. The fourth-order valence-electron chi connectivity index (χ4n) is 5.20. The van der Waals surface area contributed by atoms with Crippen molar-refractivity contribution in [1.29, 1.82) is 0 Å². The summed E-state index contributed by atoms with van der Waals surface area (Å²) in [6.45, 7) is 1.98. The summed E-state index contributed by atoms with van der Waals surface area (Å²) in [7, 11) is 0. The first-order valence-electron chi connectivity index (χ1n) is 11.8. The Morgan fingerprint density at radius 2 is 1.79 bits per heavy atom. The standard InChI is InChI=1S/C26H24ClF2N3O2/c27-26-19-13-22-17(14-30-32(22)23-3-1-2-8-34-23)11-18(19)24(16-4-5-20(28)21(29)12-16)25(31-26)15-6-9-33-10-7-15/h4-5,11-15,23H,1-3,6-10H2. The number of fused-ring (bicyclic) bond motifs is 2. The highest BCUT2D eigenvalue weighted by molar-refractivity contribution is 6.35. The molecule has 2 aliphatic heterocycles. The van der Waals surface area contributed by atoms with Crippen LogP contribution in [0, 0.1) is 11.6 Å². The molecule has 2 aromatic carbocycles. The Bertz CT molecular complexity index is 1380. The Balaban J connectivity index is 1.60. The maximum atomic E-state index is 14.3. The van der Waals surface area contributed by atoms with Gasteiger partial charge in [-0.25, -0.2) is 18.4 Å². The van der Waals surface area contributed by atoms with E-state index in [9.17, 15) is 8.78 Å². The van der Waals surface area contributed by atoms with Crippen LogP contribution in [0.4, 0.5) is 8.78 Å². The molecule has 0 amide bonds. The minimum atomic E-state index is -0.887. The second kappa shape index (κ2) is 8.87. The van der Waals surface area contributed by atoms with Gasteiger partial charge in [-0.2, -0.15) is 5.10 Å². The lowest BCUT2D eigenvalue weighted by Gasteiger charge is -2.25. The lowest BCUT2D eigenvalue weighted by Crippen LogP contribution is -2.19. The topological polar surface area (TPSA) is 49.2 Å². The molecule has 0 aliphatic carbocycles. The molecule has 2 aromatic heterocycles. The van der Waals surface area contributed by atoms with Gasteiger partial charge in [0.05, 0.1) is 17.4 Å². The van der Waals surface area contributed by atoms with Crippen molar-refractivity contribution in [1.82, 2.24) is 14.8 Å². The molecule has 2 saturated heterocycles. The predicted molar refractivity (Wildman–Crippen MR) is 127 cm³/mol. The molecule has 0 spiro atoms. The molecular formula is C26H24ClF2N3O2. The Morgan fingerprint density at radius 1 is 0.941 bits per heavy atom. The summed E-state index contributed by atoms with van der Waals surface area (Å²) in [4.78, 5) is 4.82. The largest absolute Gasteiger partial charge is 0.381 e. The molecule has 5 nitrogen and oxygen atoms in total. The fraction of sp³-hybridized carbons (Fsp3) is 0.385. The Labute approximate surface area is 200 Å². The SMILES string of the molecule is Fc1ccc(-c2c(C3CCOCC3)nc(Cl)c3cc4c(cnn4C4CCCCO4)cc23)cc1F. The molecule has 34 heavy (non-hydrogen) atoms. The Hall–Kier alpha value is -2.61. The van der Waals surface area contributed by atoms with Crippen molar-refractivity contribution in [3.8, 4) is 11.1 Å². The number of ether oxygens (including phenoxy) is 2. The van der Waals surface area contributed by atoms with Crippen LogP contribution in [0.3, 0.4) is 0 Å². The molecule has 0 bridgehead atoms. The zero-order valence-corrected chi connectivity index (χ0v) is 19.3. The second-order valence-electron chi connectivity index (χ2n) is 9.05. The van der Waals surface area contributed by atoms with Crippen molar-refractivity contribution < 1.29 is 18.3 Å². The summed E-state index contributed by atoms with van der Waals surface area (Å²) in [6.07, 6.45) is 6.36. The van der Waals surface area contributed by atoms with E-state index >= 15 is 0 Å². The van der Waals surface area contributed by atoms with Crippen LogP contribution in [0.1, 0.15) is 49.9 Å². The summed E-state index contributed by atoms with van der Waals surface area (Å²) >= 11 is 6.77. The van der Waals surface area contributed by atoms with E-state index in [-0.39, 0.29) is 12.1 Å². The number of aromatic nitrogens is 3. The first-order valence-corrected chi connectivity index (χ1v) is 12.1. The van der Waals surface area contributed by atoms with Crippen LogP contribution >= 0.6 is 11.6 Å². The van der Waals surface area contributed by atoms with Gasteiger partial charge in [0.2, 0.25) is 0 Å². The van der Waals surface area contributed by atoms with Gasteiger partial charge in [0.25, 0.3) is 0 Å². The Kier molecular flexibility index (Phi) is 5.71. The van der Waals surface area contributed by atoms with Crippen molar-refractivity contribution >= 4 is 33.3 Å². The van der Waals surface area contributed by atoms with E-state index in [0.717, 1.165) is 77.7 Å². The molecule has 176 valence electrons. The van der Waals surface area contributed by atoms with Gasteiger partial charge in [-0.15, -0.1) is 0 Å². The van der Waals surface area contributed by atoms with Crippen molar-refractivity contribution in [2.24, 2.45) is 0 Å². The van der Waals surface area contributed by atoms with Crippen LogP contribution in [-0.4, -0.2) is 34.6 Å². The molecule has 0 saturated carbocycles. The van der Waals surface area contributed by atoms with Gasteiger partial charge < -0.3 is 9.47 Å². The first-order chi connectivity index (χ1) is 16.6. The minimum Gasteiger partial charge on any atom is -0.381 e. The fourth-order valence-corrected chi connectivity index (χ4v) is 5.45. The molecule has 8 heteroatoms. The van der Waals surface area contributed by atoms with Gasteiger partial charge in [0.15, 0.2) is 17.9 Å². The monoisotopic (exact) mass is 483 g/mol. The summed E-state index contributed by atoms with van der Waals surface area (Å²) in [5.74, 6) is -1.64. The van der Waals surface area contributed by atoms with Crippen molar-refractivity contribution in [2.75, 3.05) is 19.8 Å². The number of hydrogen-bond acceptors (Lipinski definition) is 4. The van der Waals surface area contributed by atoms with E-state index < -0.39 is 11.6 Å². The van der Waals surface area contributed by atoms with Gasteiger partial charge in [-0.3, -0.25) is 0 Å². The zero-order valence-electron chi connectivity index (χ0n) is 18.6. The third kappa shape index (κ3) is 3.76. The smallest absolute Gasteiger partial charge is 0.159 e. The van der Waals surface area contributed by atoms with Crippen LogP contribution in [0.15, 0.2) is 36.5 Å². The summed E-state index contributed by atoms with van der Waals surface area (Å²) in [6, 6.07) is 8.03. The maximum Gasteiger partial charge on any atom is 0.159 e. The summed E-state index contributed by atoms with van der Waals surface area (Å²) in [5.41, 5.74) is 3.08. The van der Waals surface area contributed by atoms with E-state index in [0.29, 0.717) is 23.9 Å². The third-order valence-electron chi connectivity index (χ3n) is 6.95. The average molecular weight is 484 g/mol. The maximum absolute atomic E-state index is 14.3. The van der Waals surface area contributed by atoms with Crippen molar-refractivity contribution in [3.05, 3.63) is 59.0 Å². The number of hydrogen-bond donors (Lipinski definition) is 0. The molecule has 1 unspecified atom stereocenters. The van der Waals surface area contributed by atoms with Crippen LogP contribution in [-0.2, 0) is 9.47 Å². The minimum absolute atomic E-state index is 0.109. The van der Waals surface area contributed by atoms with Gasteiger partial charge in [0.1, 0.15) is 5.15 Å². The highest BCUT2D eigenvalue weighted by Gasteiger charge is 2.26. The van der Waals surface area contributed by atoms with E-state index in [2.05, 4.69) is 5.10 Å². The van der Waals surface area contributed by atoms with Gasteiger partial charge >= 0.3 is 0 Å². The highest BCUT2D eigenvalue weighted by atomic mass is 35.5. The molecule has 4 heterocycles.